The zero-order valence-electron chi connectivity index (χ0n) is 18.9. The van der Waals surface area contributed by atoms with E-state index < -0.39 is 0 Å². The number of anilines is 1. The fourth-order valence-electron chi connectivity index (χ4n) is 7.87. The summed E-state index contributed by atoms with van der Waals surface area (Å²) in [6, 6.07) is 13.1. The van der Waals surface area contributed by atoms with E-state index in [0.717, 1.165) is 47.6 Å². The zero-order chi connectivity index (χ0) is 20.0. The molecule has 1 aromatic carbocycles. The quantitative estimate of drug-likeness (QED) is 0.632. The molecule has 2 heterocycles. The number of nitrogens with one attached hydrogen (secondary N) is 1. The minimum atomic E-state index is 0.639. The van der Waals surface area contributed by atoms with Gasteiger partial charge in [0.2, 0.25) is 0 Å². The van der Waals surface area contributed by atoms with Gasteiger partial charge in [0.1, 0.15) is 0 Å². The minimum Gasteiger partial charge on any atom is -0.382 e. The van der Waals surface area contributed by atoms with Crippen molar-refractivity contribution in [3.63, 3.8) is 0 Å². The van der Waals surface area contributed by atoms with Crippen LogP contribution in [0, 0.1) is 35.5 Å². The predicted molar refractivity (Wildman–Crippen MR) is 123 cm³/mol. The van der Waals surface area contributed by atoms with Gasteiger partial charge in [-0.05, 0) is 86.2 Å². The summed E-state index contributed by atoms with van der Waals surface area (Å²) < 4.78 is 0. The molecule has 4 bridgehead atoms. The van der Waals surface area contributed by atoms with Crippen molar-refractivity contribution in [1.82, 2.24) is 4.90 Å². The first-order chi connectivity index (χ1) is 14.1. The number of hydrogen-bond acceptors (Lipinski definition) is 2. The lowest BCUT2D eigenvalue weighted by Crippen LogP contribution is -2.61. The smallest absolute Gasteiger partial charge is 0.0342 e. The van der Waals surface area contributed by atoms with Crippen LogP contribution in [0.4, 0.5) is 5.69 Å². The first-order valence-electron chi connectivity index (χ1n) is 12.6. The number of benzene rings is 1. The van der Waals surface area contributed by atoms with Gasteiger partial charge < -0.3 is 5.32 Å². The van der Waals surface area contributed by atoms with Crippen LogP contribution in [0.5, 0.6) is 0 Å². The third-order valence-electron chi connectivity index (χ3n) is 9.35. The second-order valence-corrected chi connectivity index (χ2v) is 11.5. The summed E-state index contributed by atoms with van der Waals surface area (Å²) in [6.45, 7) is 8.99. The number of para-hydroxylation sites is 1. The molecule has 8 unspecified atom stereocenters. The number of hydrogen-bond donors (Lipinski definition) is 1. The molecule has 2 aliphatic carbocycles. The van der Waals surface area contributed by atoms with E-state index in [0.29, 0.717) is 6.04 Å². The van der Waals surface area contributed by atoms with Crippen LogP contribution in [0.2, 0.25) is 0 Å². The van der Waals surface area contributed by atoms with Gasteiger partial charge in [0.15, 0.2) is 0 Å². The molecule has 1 aromatic rings. The van der Waals surface area contributed by atoms with Crippen molar-refractivity contribution in [3.8, 4) is 0 Å². The summed E-state index contributed by atoms with van der Waals surface area (Å²) in [5.41, 5.74) is 1.30. The van der Waals surface area contributed by atoms with Crippen molar-refractivity contribution in [2.45, 2.75) is 90.3 Å². The van der Waals surface area contributed by atoms with Crippen LogP contribution in [-0.4, -0.2) is 29.6 Å². The molecule has 2 heteroatoms. The second-order valence-electron chi connectivity index (χ2n) is 11.5. The van der Waals surface area contributed by atoms with Crippen molar-refractivity contribution in [2.75, 3.05) is 11.9 Å². The van der Waals surface area contributed by atoms with Crippen LogP contribution in [0.25, 0.3) is 0 Å². The predicted octanol–water partition coefficient (Wildman–Crippen LogP) is 6.44. The van der Waals surface area contributed by atoms with Crippen LogP contribution >= 0.6 is 0 Å². The topological polar surface area (TPSA) is 15.3 Å². The summed E-state index contributed by atoms with van der Waals surface area (Å²) in [5, 5.41) is 3.89. The molecule has 0 aromatic heterocycles. The molecule has 4 fully saturated rings. The number of fused-ring (bicyclic) bond motifs is 4. The molecule has 4 aliphatic rings. The average molecular weight is 395 g/mol. The van der Waals surface area contributed by atoms with E-state index in [1.807, 2.05) is 0 Å². The van der Waals surface area contributed by atoms with Gasteiger partial charge in [-0.1, -0.05) is 51.8 Å². The molecular formula is C27H42N2. The van der Waals surface area contributed by atoms with Crippen molar-refractivity contribution >= 4 is 5.69 Å². The average Bonchev–Trinajstić information content (AvgIpc) is 2.71. The van der Waals surface area contributed by atoms with Gasteiger partial charge in [-0.25, -0.2) is 0 Å². The molecule has 29 heavy (non-hydrogen) atoms. The van der Waals surface area contributed by atoms with Crippen LogP contribution in [0.1, 0.15) is 72.1 Å². The number of nitrogens with zero attached hydrogens (tertiary/aromatic N) is 1. The molecule has 2 saturated heterocycles. The lowest BCUT2D eigenvalue weighted by atomic mass is 9.63. The second kappa shape index (κ2) is 8.25. The minimum absolute atomic E-state index is 0.639. The lowest BCUT2D eigenvalue weighted by Gasteiger charge is -2.56. The van der Waals surface area contributed by atoms with Gasteiger partial charge in [-0.2, -0.15) is 0 Å². The van der Waals surface area contributed by atoms with Gasteiger partial charge in [-0.15, -0.1) is 0 Å². The molecule has 160 valence electrons. The first kappa shape index (κ1) is 19.9. The third kappa shape index (κ3) is 4.11. The van der Waals surface area contributed by atoms with E-state index in [9.17, 15) is 0 Å². The van der Waals surface area contributed by atoms with Gasteiger partial charge in [0, 0.05) is 30.4 Å². The van der Waals surface area contributed by atoms with Gasteiger partial charge in [0.05, 0.1) is 0 Å². The monoisotopic (exact) mass is 394 g/mol. The molecule has 0 radical (unpaired) electrons. The maximum atomic E-state index is 3.89. The summed E-state index contributed by atoms with van der Waals surface area (Å²) in [4.78, 5) is 3.03. The molecule has 2 aliphatic heterocycles. The van der Waals surface area contributed by atoms with E-state index in [-0.39, 0.29) is 0 Å². The highest BCUT2D eigenvalue weighted by Gasteiger charge is 2.46. The van der Waals surface area contributed by atoms with Crippen molar-refractivity contribution in [3.05, 3.63) is 30.3 Å². The van der Waals surface area contributed by atoms with E-state index in [1.54, 1.807) is 6.42 Å². The Balaban J connectivity index is 1.29. The number of rotatable bonds is 4. The Hall–Kier alpha value is -1.02. The summed E-state index contributed by atoms with van der Waals surface area (Å²) >= 11 is 0. The fourth-order valence-corrected chi connectivity index (χ4v) is 7.87. The SMILES string of the molecule is CC1CCC2CC(CN3C4CC(Nc5ccccc5)CC3C(C)CC4C)CC1C2. The van der Waals surface area contributed by atoms with Crippen molar-refractivity contribution in [2.24, 2.45) is 35.5 Å². The highest BCUT2D eigenvalue weighted by molar-refractivity contribution is 5.43. The van der Waals surface area contributed by atoms with Crippen LogP contribution in [-0.2, 0) is 0 Å². The van der Waals surface area contributed by atoms with E-state index in [4.69, 9.17) is 0 Å². The van der Waals surface area contributed by atoms with Crippen LogP contribution in [0.3, 0.4) is 0 Å². The number of piperidine rings is 2. The highest BCUT2D eigenvalue weighted by Crippen LogP contribution is 2.47. The third-order valence-corrected chi connectivity index (χ3v) is 9.35. The normalized spacial score (nSPS) is 45.0. The Bertz CT molecular complexity index is 654. The molecular weight excluding hydrogens is 352 g/mol. The van der Waals surface area contributed by atoms with Crippen molar-refractivity contribution in [1.29, 1.82) is 0 Å². The standard InChI is InChI=1S/C27H42N2/c1-18-9-10-21-12-22(14-23(18)13-21)17-29-26-15-25(28-24-7-5-4-6-8-24)16-27(29)20(3)11-19(26)2/h4-8,18-23,25-28H,9-17H2,1-3H3. The Labute approximate surface area is 178 Å². The van der Waals surface area contributed by atoms with Gasteiger partial charge in [-0.3, -0.25) is 4.90 Å². The lowest BCUT2D eigenvalue weighted by molar-refractivity contribution is -0.0500. The van der Waals surface area contributed by atoms with Crippen molar-refractivity contribution < 1.29 is 0 Å². The largest absolute Gasteiger partial charge is 0.382 e. The molecule has 8 atom stereocenters. The van der Waals surface area contributed by atoms with E-state index in [1.165, 1.54) is 57.2 Å². The van der Waals surface area contributed by atoms with Crippen LogP contribution in [0.15, 0.2) is 30.3 Å². The fraction of sp³-hybridized carbons (Fsp3) is 0.778. The molecule has 2 saturated carbocycles. The maximum Gasteiger partial charge on any atom is 0.0342 e. The molecule has 5 rings (SSSR count). The Morgan fingerprint density at radius 2 is 1.52 bits per heavy atom. The molecule has 0 spiro atoms. The van der Waals surface area contributed by atoms with E-state index >= 15 is 0 Å². The Morgan fingerprint density at radius 3 is 2.24 bits per heavy atom. The summed E-state index contributed by atoms with van der Waals surface area (Å²) in [5.74, 6) is 5.68. The van der Waals surface area contributed by atoms with E-state index in [2.05, 4.69) is 61.3 Å². The van der Waals surface area contributed by atoms with Gasteiger partial charge >= 0.3 is 0 Å². The van der Waals surface area contributed by atoms with Crippen LogP contribution < -0.4 is 5.32 Å². The highest BCUT2D eigenvalue weighted by atomic mass is 15.2. The molecule has 0 amide bonds. The maximum absolute atomic E-state index is 3.89. The molecule has 2 nitrogen and oxygen atoms in total. The Kier molecular flexibility index (Phi) is 5.67. The molecule has 1 N–H and O–H groups in total. The summed E-state index contributed by atoms with van der Waals surface area (Å²) in [6.07, 6.45) is 11.7. The van der Waals surface area contributed by atoms with Gasteiger partial charge in [0.25, 0.3) is 0 Å². The summed E-state index contributed by atoms with van der Waals surface area (Å²) in [7, 11) is 0. The zero-order valence-corrected chi connectivity index (χ0v) is 18.9. The Morgan fingerprint density at radius 1 is 0.793 bits per heavy atom. The first-order valence-corrected chi connectivity index (χ1v) is 12.6.